The van der Waals surface area contributed by atoms with Crippen molar-refractivity contribution < 1.29 is 19.1 Å². The van der Waals surface area contributed by atoms with Gasteiger partial charge in [0.25, 0.3) is 0 Å². The summed E-state index contributed by atoms with van der Waals surface area (Å²) in [6, 6.07) is 8.04. The van der Waals surface area contributed by atoms with E-state index in [1.807, 2.05) is 16.7 Å². The highest BCUT2D eigenvalue weighted by molar-refractivity contribution is 7.99. The number of nitrogens with zero attached hydrogens (tertiary/aromatic N) is 3. The van der Waals surface area contributed by atoms with Crippen LogP contribution in [0.5, 0.6) is 5.75 Å². The number of thioether (sulfide) groups is 1. The van der Waals surface area contributed by atoms with Crippen LogP contribution in [0.3, 0.4) is 0 Å². The van der Waals surface area contributed by atoms with Crippen molar-refractivity contribution in [3.8, 4) is 5.75 Å². The number of carbonyl (C=O) groups is 2. The number of rotatable bonds is 14. The van der Waals surface area contributed by atoms with Crippen molar-refractivity contribution >= 4 is 23.6 Å². The predicted molar refractivity (Wildman–Crippen MR) is 125 cm³/mol. The van der Waals surface area contributed by atoms with Gasteiger partial charge in [0.2, 0.25) is 5.91 Å². The van der Waals surface area contributed by atoms with Crippen LogP contribution in [0.15, 0.2) is 29.4 Å². The number of esters is 1. The summed E-state index contributed by atoms with van der Waals surface area (Å²) in [5.74, 6) is 1.80. The summed E-state index contributed by atoms with van der Waals surface area (Å²) in [6.45, 7) is 10.0. The van der Waals surface area contributed by atoms with E-state index in [0.717, 1.165) is 24.5 Å². The van der Waals surface area contributed by atoms with Crippen LogP contribution in [0.25, 0.3) is 0 Å². The average Bonchev–Trinajstić information content (AvgIpc) is 3.15. The molecule has 0 radical (unpaired) electrons. The lowest BCUT2D eigenvalue weighted by molar-refractivity contribution is -0.143. The Bertz CT molecular complexity index is 852. The van der Waals surface area contributed by atoms with Gasteiger partial charge in [-0.2, -0.15) is 0 Å². The highest BCUT2D eigenvalue weighted by Crippen LogP contribution is 2.20. The van der Waals surface area contributed by atoms with E-state index < -0.39 is 0 Å². The molecule has 0 unspecified atom stereocenters. The van der Waals surface area contributed by atoms with Gasteiger partial charge in [0, 0.05) is 19.5 Å². The first-order valence-corrected chi connectivity index (χ1v) is 12.1. The van der Waals surface area contributed by atoms with Crippen LogP contribution in [0.4, 0.5) is 0 Å². The van der Waals surface area contributed by atoms with Crippen molar-refractivity contribution in [1.82, 2.24) is 20.1 Å². The molecule has 0 atom stereocenters. The topological polar surface area (TPSA) is 95.3 Å². The molecule has 2 aromatic rings. The largest absolute Gasteiger partial charge is 0.486 e. The fourth-order valence-electron chi connectivity index (χ4n) is 2.93. The van der Waals surface area contributed by atoms with Crippen LogP contribution in [0.1, 0.15) is 51.9 Å². The number of ether oxygens (including phenoxy) is 2. The predicted octanol–water partition coefficient (Wildman–Crippen LogP) is 3.63. The molecule has 0 bridgehead atoms. The highest BCUT2D eigenvalue weighted by Gasteiger charge is 2.16. The molecule has 0 aliphatic heterocycles. The van der Waals surface area contributed by atoms with E-state index in [0.29, 0.717) is 43.7 Å². The Morgan fingerprint density at radius 1 is 1.16 bits per heavy atom. The molecule has 1 N–H and O–H groups in total. The zero-order chi connectivity index (χ0) is 23.3. The van der Waals surface area contributed by atoms with Crippen LogP contribution in [-0.4, -0.2) is 45.5 Å². The highest BCUT2D eigenvalue weighted by atomic mass is 32.2. The summed E-state index contributed by atoms with van der Waals surface area (Å²) in [5.41, 5.74) is 1.26. The lowest BCUT2D eigenvalue weighted by atomic mass is 10.2. The molecule has 9 heteroatoms. The van der Waals surface area contributed by atoms with Crippen molar-refractivity contribution in [3.63, 3.8) is 0 Å². The van der Waals surface area contributed by atoms with Gasteiger partial charge >= 0.3 is 5.97 Å². The Kier molecular flexibility index (Phi) is 11.1. The van der Waals surface area contributed by atoms with Gasteiger partial charge in [0.1, 0.15) is 12.4 Å². The van der Waals surface area contributed by atoms with Crippen molar-refractivity contribution in [2.45, 2.75) is 65.3 Å². The first kappa shape index (κ1) is 25.7. The summed E-state index contributed by atoms with van der Waals surface area (Å²) >= 11 is 1.35. The summed E-state index contributed by atoms with van der Waals surface area (Å²) in [4.78, 5) is 23.5. The minimum absolute atomic E-state index is 0.105. The van der Waals surface area contributed by atoms with E-state index in [1.165, 1.54) is 17.3 Å². The maximum absolute atomic E-state index is 12.2. The minimum atomic E-state index is -0.242. The Morgan fingerprint density at radius 2 is 1.91 bits per heavy atom. The monoisotopic (exact) mass is 462 g/mol. The molecule has 2 rings (SSSR count). The summed E-state index contributed by atoms with van der Waals surface area (Å²) in [6.07, 6.45) is 1.84. The number of nitrogens with one attached hydrogen (secondary N) is 1. The summed E-state index contributed by atoms with van der Waals surface area (Å²) in [5, 5.41) is 12.1. The fourth-order valence-corrected chi connectivity index (χ4v) is 3.72. The van der Waals surface area contributed by atoms with E-state index in [2.05, 4.69) is 48.4 Å². The molecule has 0 aliphatic rings. The zero-order valence-electron chi connectivity index (χ0n) is 19.4. The number of aryl methyl sites for hydroxylation is 1. The molecule has 0 saturated carbocycles. The molecule has 0 aliphatic carbocycles. The third-order valence-electron chi connectivity index (χ3n) is 4.56. The molecule has 1 aromatic heterocycles. The van der Waals surface area contributed by atoms with Crippen LogP contribution in [0, 0.1) is 5.92 Å². The maximum atomic E-state index is 12.2. The van der Waals surface area contributed by atoms with Crippen molar-refractivity contribution in [2.75, 3.05) is 18.9 Å². The Balaban J connectivity index is 1.87. The molecule has 1 aromatic carbocycles. The van der Waals surface area contributed by atoms with Crippen LogP contribution < -0.4 is 10.1 Å². The van der Waals surface area contributed by atoms with Crippen LogP contribution in [-0.2, 0) is 33.9 Å². The smallest absolute Gasteiger partial charge is 0.305 e. The second-order valence-corrected chi connectivity index (χ2v) is 8.68. The van der Waals surface area contributed by atoms with E-state index in [4.69, 9.17) is 9.47 Å². The van der Waals surface area contributed by atoms with Gasteiger partial charge in [-0.25, -0.2) is 0 Å². The first-order valence-electron chi connectivity index (χ1n) is 11.1. The van der Waals surface area contributed by atoms with Gasteiger partial charge in [-0.15, -0.1) is 10.2 Å². The molecular weight excluding hydrogens is 428 g/mol. The lowest BCUT2D eigenvalue weighted by Gasteiger charge is -2.13. The molecule has 32 heavy (non-hydrogen) atoms. The molecular formula is C23H34N4O4S. The molecule has 8 nitrogen and oxygen atoms in total. The number of hydrogen-bond acceptors (Lipinski definition) is 7. The van der Waals surface area contributed by atoms with E-state index in [9.17, 15) is 9.59 Å². The molecule has 176 valence electrons. The minimum Gasteiger partial charge on any atom is -0.486 e. The van der Waals surface area contributed by atoms with Crippen molar-refractivity contribution in [1.29, 1.82) is 0 Å². The Morgan fingerprint density at radius 3 is 2.56 bits per heavy atom. The number of aromatic nitrogens is 3. The second kappa shape index (κ2) is 13.8. The standard InChI is InChI=1S/C23H34N4O4S/c1-5-18-9-11-19(12-10-18)31-15-20-25-26-23(27(20)14-17(3)4)32-16-21(28)24-13-7-8-22(29)30-6-2/h9-12,17H,5-8,13-16H2,1-4H3,(H,24,28). The number of amides is 1. The van der Waals surface area contributed by atoms with Crippen LogP contribution >= 0.6 is 11.8 Å². The fraction of sp³-hybridized carbons (Fsp3) is 0.565. The summed E-state index contributed by atoms with van der Waals surface area (Å²) < 4.78 is 12.8. The lowest BCUT2D eigenvalue weighted by Crippen LogP contribution is -2.27. The van der Waals surface area contributed by atoms with Crippen molar-refractivity contribution in [3.05, 3.63) is 35.7 Å². The first-order chi connectivity index (χ1) is 15.4. The molecule has 0 spiro atoms. The normalized spacial score (nSPS) is 10.9. The Hall–Kier alpha value is -2.55. The van der Waals surface area contributed by atoms with Gasteiger partial charge in [-0.05, 0) is 43.4 Å². The molecule has 0 saturated heterocycles. The van der Waals surface area contributed by atoms with E-state index in [-0.39, 0.29) is 17.6 Å². The van der Waals surface area contributed by atoms with E-state index >= 15 is 0 Å². The number of carbonyl (C=O) groups excluding carboxylic acids is 2. The van der Waals surface area contributed by atoms with Gasteiger partial charge in [0.05, 0.1) is 12.4 Å². The van der Waals surface area contributed by atoms with Crippen LogP contribution in [0.2, 0.25) is 0 Å². The Labute approximate surface area is 194 Å². The van der Waals surface area contributed by atoms with Crippen molar-refractivity contribution in [2.24, 2.45) is 5.92 Å². The number of hydrogen-bond donors (Lipinski definition) is 1. The third-order valence-corrected chi connectivity index (χ3v) is 5.53. The van der Waals surface area contributed by atoms with Gasteiger partial charge in [-0.3, -0.25) is 9.59 Å². The van der Waals surface area contributed by atoms with E-state index in [1.54, 1.807) is 6.92 Å². The molecule has 1 heterocycles. The quantitative estimate of drug-likeness (QED) is 0.260. The SMILES string of the molecule is CCOC(=O)CCCNC(=O)CSc1nnc(COc2ccc(CC)cc2)n1CC(C)C. The van der Waals surface area contributed by atoms with Gasteiger partial charge < -0.3 is 19.4 Å². The van der Waals surface area contributed by atoms with Gasteiger partial charge in [-0.1, -0.05) is 44.7 Å². The molecule has 1 amide bonds. The number of benzene rings is 1. The average molecular weight is 463 g/mol. The summed E-state index contributed by atoms with van der Waals surface area (Å²) in [7, 11) is 0. The maximum Gasteiger partial charge on any atom is 0.305 e. The zero-order valence-corrected chi connectivity index (χ0v) is 20.2. The van der Waals surface area contributed by atoms with Gasteiger partial charge in [0.15, 0.2) is 11.0 Å². The second-order valence-electron chi connectivity index (χ2n) is 7.74. The molecule has 0 fully saturated rings. The third kappa shape index (κ3) is 8.90.